The van der Waals surface area contributed by atoms with Crippen LogP contribution >= 0.6 is 0 Å². The fraction of sp³-hybridized carbons (Fsp3) is 0.571. The third-order valence-corrected chi connectivity index (χ3v) is 6.73. The lowest BCUT2D eigenvalue weighted by Gasteiger charge is -2.30. The van der Waals surface area contributed by atoms with Gasteiger partial charge < -0.3 is 4.74 Å². The number of aryl methyl sites for hydroxylation is 1. The smallest absolute Gasteiger partial charge is 0.119 e. The second-order valence-corrected chi connectivity index (χ2v) is 9.01. The Morgan fingerprint density at radius 2 is 1.48 bits per heavy atom. The van der Waals surface area contributed by atoms with Crippen LogP contribution in [0.25, 0.3) is 11.1 Å². The number of ether oxygens (including phenoxy) is 1. The molecule has 0 aliphatic heterocycles. The third-order valence-electron chi connectivity index (χ3n) is 6.73. The van der Waals surface area contributed by atoms with Gasteiger partial charge in [-0.05, 0) is 85.3 Å². The van der Waals surface area contributed by atoms with E-state index in [0.29, 0.717) is 0 Å². The van der Waals surface area contributed by atoms with Crippen molar-refractivity contribution in [2.45, 2.75) is 90.9 Å². The standard InChI is InChI=1S/C28H40O/c1-4-6-8-9-23-10-12-25(13-11-23)28-19-16-26(21-22(28)3)24-14-17-27(18-15-24)29-20-7-5-2/h14-19,21,23,25H,4-13,20H2,1-3H3/t23-,25-. The number of unbranched alkanes of at least 4 members (excludes halogenated alkanes) is 3. The van der Waals surface area contributed by atoms with Crippen LogP contribution in [0, 0.1) is 12.8 Å². The summed E-state index contributed by atoms with van der Waals surface area (Å²) < 4.78 is 5.80. The van der Waals surface area contributed by atoms with Gasteiger partial charge in [-0.1, -0.05) is 76.3 Å². The first-order valence-electron chi connectivity index (χ1n) is 12.0. The molecule has 0 saturated heterocycles. The lowest BCUT2D eigenvalue weighted by Crippen LogP contribution is -2.14. The van der Waals surface area contributed by atoms with E-state index in [-0.39, 0.29) is 0 Å². The van der Waals surface area contributed by atoms with Crippen LogP contribution in [0.2, 0.25) is 0 Å². The van der Waals surface area contributed by atoms with Gasteiger partial charge in [-0.2, -0.15) is 0 Å². The maximum Gasteiger partial charge on any atom is 0.119 e. The fourth-order valence-electron chi connectivity index (χ4n) is 4.84. The van der Waals surface area contributed by atoms with Crippen molar-refractivity contribution in [3.63, 3.8) is 0 Å². The molecule has 1 aliphatic carbocycles. The Morgan fingerprint density at radius 3 is 2.14 bits per heavy atom. The van der Waals surface area contributed by atoms with Crippen molar-refractivity contribution < 1.29 is 4.74 Å². The van der Waals surface area contributed by atoms with E-state index in [1.165, 1.54) is 74.5 Å². The zero-order chi connectivity index (χ0) is 20.5. The van der Waals surface area contributed by atoms with E-state index in [2.05, 4.69) is 63.2 Å². The normalized spacial score (nSPS) is 19.3. The Bertz CT molecular complexity index is 722. The van der Waals surface area contributed by atoms with E-state index in [1.807, 2.05) is 0 Å². The molecule has 0 radical (unpaired) electrons. The zero-order valence-corrected chi connectivity index (χ0v) is 18.9. The third kappa shape index (κ3) is 6.36. The van der Waals surface area contributed by atoms with Crippen LogP contribution in [0.15, 0.2) is 42.5 Å². The Morgan fingerprint density at radius 1 is 0.793 bits per heavy atom. The summed E-state index contributed by atoms with van der Waals surface area (Å²) >= 11 is 0. The van der Waals surface area contributed by atoms with Gasteiger partial charge in [0.2, 0.25) is 0 Å². The molecule has 0 aromatic heterocycles. The van der Waals surface area contributed by atoms with E-state index in [0.717, 1.165) is 30.6 Å². The maximum atomic E-state index is 5.80. The highest BCUT2D eigenvalue weighted by Gasteiger charge is 2.23. The van der Waals surface area contributed by atoms with E-state index in [9.17, 15) is 0 Å². The van der Waals surface area contributed by atoms with Gasteiger partial charge in [0, 0.05) is 0 Å². The Labute approximate surface area is 178 Å². The molecule has 0 unspecified atom stereocenters. The van der Waals surface area contributed by atoms with Crippen LogP contribution in [-0.4, -0.2) is 6.61 Å². The van der Waals surface area contributed by atoms with Crippen LogP contribution in [0.5, 0.6) is 5.75 Å². The van der Waals surface area contributed by atoms with Gasteiger partial charge in [-0.25, -0.2) is 0 Å². The number of hydrogen-bond acceptors (Lipinski definition) is 1. The maximum absolute atomic E-state index is 5.80. The summed E-state index contributed by atoms with van der Waals surface area (Å²) in [5, 5.41) is 0. The van der Waals surface area contributed by atoms with E-state index in [4.69, 9.17) is 4.74 Å². The topological polar surface area (TPSA) is 9.23 Å². The second-order valence-electron chi connectivity index (χ2n) is 9.01. The molecule has 0 heterocycles. The van der Waals surface area contributed by atoms with E-state index >= 15 is 0 Å². The molecule has 0 spiro atoms. The molecule has 2 aromatic carbocycles. The van der Waals surface area contributed by atoms with Crippen molar-refractivity contribution in [2.75, 3.05) is 6.61 Å². The molecule has 1 fully saturated rings. The highest BCUT2D eigenvalue weighted by molar-refractivity contribution is 5.65. The average molecular weight is 393 g/mol. The molecule has 0 amide bonds. The van der Waals surface area contributed by atoms with E-state index < -0.39 is 0 Å². The van der Waals surface area contributed by atoms with Crippen molar-refractivity contribution in [3.8, 4) is 16.9 Å². The van der Waals surface area contributed by atoms with E-state index in [1.54, 1.807) is 5.56 Å². The Balaban J connectivity index is 1.58. The number of benzene rings is 2. The van der Waals surface area contributed by atoms with Gasteiger partial charge in [0.05, 0.1) is 6.61 Å². The Hall–Kier alpha value is -1.76. The Kier molecular flexibility index (Phi) is 8.65. The minimum Gasteiger partial charge on any atom is -0.494 e. The van der Waals surface area contributed by atoms with Crippen molar-refractivity contribution in [1.82, 2.24) is 0 Å². The largest absolute Gasteiger partial charge is 0.494 e. The van der Waals surface area contributed by atoms with Crippen LogP contribution in [-0.2, 0) is 0 Å². The fourth-order valence-corrected chi connectivity index (χ4v) is 4.84. The molecule has 2 aromatic rings. The van der Waals surface area contributed by atoms with Crippen molar-refractivity contribution in [3.05, 3.63) is 53.6 Å². The molecule has 1 saturated carbocycles. The van der Waals surface area contributed by atoms with Crippen molar-refractivity contribution >= 4 is 0 Å². The quantitative estimate of drug-likeness (QED) is 0.367. The first-order valence-corrected chi connectivity index (χ1v) is 12.0. The highest BCUT2D eigenvalue weighted by Crippen LogP contribution is 2.39. The molecule has 1 heteroatoms. The average Bonchev–Trinajstić information content (AvgIpc) is 2.75. The van der Waals surface area contributed by atoms with Crippen LogP contribution in [0.3, 0.4) is 0 Å². The van der Waals surface area contributed by atoms with Gasteiger partial charge in [0.15, 0.2) is 0 Å². The monoisotopic (exact) mass is 392 g/mol. The van der Waals surface area contributed by atoms with Crippen molar-refractivity contribution in [1.29, 1.82) is 0 Å². The molecule has 0 bridgehead atoms. The van der Waals surface area contributed by atoms with Crippen LogP contribution in [0.4, 0.5) is 0 Å². The van der Waals surface area contributed by atoms with Gasteiger partial charge in [-0.3, -0.25) is 0 Å². The van der Waals surface area contributed by atoms with Gasteiger partial charge >= 0.3 is 0 Å². The molecular weight excluding hydrogens is 352 g/mol. The summed E-state index contributed by atoms with van der Waals surface area (Å²) in [7, 11) is 0. The summed E-state index contributed by atoms with van der Waals surface area (Å²) in [6.45, 7) is 7.61. The zero-order valence-electron chi connectivity index (χ0n) is 18.9. The molecule has 29 heavy (non-hydrogen) atoms. The summed E-state index contributed by atoms with van der Waals surface area (Å²) in [5.74, 6) is 2.72. The van der Waals surface area contributed by atoms with Gasteiger partial charge in [-0.15, -0.1) is 0 Å². The number of hydrogen-bond donors (Lipinski definition) is 0. The van der Waals surface area contributed by atoms with Crippen LogP contribution < -0.4 is 4.74 Å². The summed E-state index contributed by atoms with van der Waals surface area (Å²) in [4.78, 5) is 0. The first kappa shape index (κ1) is 21.9. The predicted octanol–water partition coefficient (Wildman–Crippen LogP) is 8.70. The lowest BCUT2D eigenvalue weighted by molar-refractivity contribution is 0.302. The van der Waals surface area contributed by atoms with Gasteiger partial charge in [0.1, 0.15) is 5.75 Å². The predicted molar refractivity (Wildman–Crippen MR) is 126 cm³/mol. The van der Waals surface area contributed by atoms with Crippen LogP contribution in [0.1, 0.15) is 95.1 Å². The molecule has 1 aliphatic rings. The molecule has 158 valence electrons. The second kappa shape index (κ2) is 11.4. The van der Waals surface area contributed by atoms with Crippen molar-refractivity contribution in [2.24, 2.45) is 5.92 Å². The molecular formula is C28H40O. The highest BCUT2D eigenvalue weighted by atomic mass is 16.5. The SMILES string of the molecule is CCCCC[C@H]1CC[C@H](c2ccc(-c3ccc(OCCCC)cc3)cc2C)CC1. The molecule has 0 N–H and O–H groups in total. The summed E-state index contributed by atoms with van der Waals surface area (Å²) in [6.07, 6.45) is 13.5. The summed E-state index contributed by atoms with van der Waals surface area (Å²) in [5.41, 5.74) is 5.64. The first-order chi connectivity index (χ1) is 14.2. The molecule has 1 nitrogen and oxygen atoms in total. The minimum atomic E-state index is 0.765. The summed E-state index contributed by atoms with van der Waals surface area (Å²) in [6, 6.07) is 15.7. The lowest BCUT2D eigenvalue weighted by atomic mass is 9.76. The van der Waals surface area contributed by atoms with Gasteiger partial charge in [0.25, 0.3) is 0 Å². The minimum absolute atomic E-state index is 0.765. The molecule has 3 rings (SSSR count). The number of rotatable bonds is 10. The molecule has 0 atom stereocenters.